The number of hydrogen-bond acceptors (Lipinski definition) is 4. The molecule has 24 heavy (non-hydrogen) atoms. The van der Waals surface area contributed by atoms with Gasteiger partial charge in [-0.2, -0.15) is 0 Å². The van der Waals surface area contributed by atoms with Crippen molar-refractivity contribution in [2.75, 3.05) is 5.43 Å². The lowest BCUT2D eigenvalue weighted by molar-refractivity contribution is -0.118. The number of rotatable bonds is 3. The summed E-state index contributed by atoms with van der Waals surface area (Å²) in [5.74, 6) is 0.282. The van der Waals surface area contributed by atoms with Crippen molar-refractivity contribution in [3.8, 4) is 11.1 Å². The molecule has 1 fully saturated rings. The molecule has 1 aliphatic carbocycles. The third kappa shape index (κ3) is 2.43. The van der Waals surface area contributed by atoms with Crippen LogP contribution >= 0.6 is 11.3 Å². The molecule has 0 saturated heterocycles. The molecule has 0 aliphatic heterocycles. The molecule has 1 amide bonds. The van der Waals surface area contributed by atoms with Gasteiger partial charge in [-0.25, -0.2) is 9.66 Å². The van der Waals surface area contributed by atoms with E-state index in [4.69, 9.17) is 0 Å². The summed E-state index contributed by atoms with van der Waals surface area (Å²) in [7, 11) is 0. The van der Waals surface area contributed by atoms with Crippen molar-refractivity contribution in [2.45, 2.75) is 20.3 Å². The first-order valence-electron chi connectivity index (χ1n) is 7.93. The van der Waals surface area contributed by atoms with Crippen LogP contribution in [0.4, 0.5) is 0 Å². The molecule has 1 N–H and O–H groups in total. The van der Waals surface area contributed by atoms with Gasteiger partial charge in [-0.1, -0.05) is 37.3 Å². The lowest BCUT2D eigenvalue weighted by Crippen LogP contribution is -2.34. The highest BCUT2D eigenvalue weighted by molar-refractivity contribution is 7.19. The Morgan fingerprint density at radius 1 is 1.33 bits per heavy atom. The second kappa shape index (κ2) is 5.56. The van der Waals surface area contributed by atoms with Gasteiger partial charge in [-0.05, 0) is 24.8 Å². The van der Waals surface area contributed by atoms with Gasteiger partial charge in [0.25, 0.3) is 5.56 Å². The van der Waals surface area contributed by atoms with E-state index in [9.17, 15) is 9.59 Å². The highest BCUT2D eigenvalue weighted by Crippen LogP contribution is 2.38. The number of nitrogens with zero attached hydrogens (tertiary/aromatic N) is 2. The Morgan fingerprint density at radius 2 is 2.04 bits per heavy atom. The van der Waals surface area contributed by atoms with Gasteiger partial charge in [-0.3, -0.25) is 15.0 Å². The van der Waals surface area contributed by atoms with Crippen molar-refractivity contribution < 1.29 is 4.79 Å². The van der Waals surface area contributed by atoms with Crippen LogP contribution in [0.25, 0.3) is 21.3 Å². The van der Waals surface area contributed by atoms with Crippen LogP contribution in [0.3, 0.4) is 0 Å². The van der Waals surface area contributed by atoms with Crippen molar-refractivity contribution in [3.05, 3.63) is 51.9 Å². The average molecular weight is 339 g/mol. The number of aryl methyl sites for hydroxylation is 1. The summed E-state index contributed by atoms with van der Waals surface area (Å²) in [4.78, 5) is 31.2. The molecule has 3 aromatic rings. The standard InChI is InChI=1S/C18H17N3O2S/c1-10-8-13(10)16(22)20-21-9-19-17-15(18(21)23)14(11(2)24-17)12-6-4-3-5-7-12/h3-7,9-10,13H,8H2,1-2H3,(H,20,22). The molecular weight excluding hydrogens is 322 g/mol. The summed E-state index contributed by atoms with van der Waals surface area (Å²) in [6, 6.07) is 9.80. The van der Waals surface area contributed by atoms with Crippen molar-refractivity contribution in [1.29, 1.82) is 0 Å². The fraction of sp³-hybridized carbons (Fsp3) is 0.278. The van der Waals surface area contributed by atoms with E-state index in [1.54, 1.807) is 0 Å². The topological polar surface area (TPSA) is 64.0 Å². The molecule has 0 bridgehead atoms. The number of carbonyl (C=O) groups is 1. The smallest absolute Gasteiger partial charge is 0.273 e. The number of nitrogens with one attached hydrogen (secondary N) is 1. The molecule has 2 unspecified atom stereocenters. The maximum atomic E-state index is 12.9. The van der Waals surface area contributed by atoms with Crippen LogP contribution in [-0.4, -0.2) is 15.6 Å². The van der Waals surface area contributed by atoms with Crippen molar-refractivity contribution >= 4 is 27.5 Å². The van der Waals surface area contributed by atoms with Gasteiger partial charge in [0.2, 0.25) is 5.91 Å². The molecule has 1 saturated carbocycles. The molecule has 0 radical (unpaired) electrons. The van der Waals surface area contributed by atoms with Gasteiger partial charge in [-0.15, -0.1) is 11.3 Å². The van der Waals surface area contributed by atoms with Crippen LogP contribution < -0.4 is 11.0 Å². The lowest BCUT2D eigenvalue weighted by atomic mass is 10.0. The van der Waals surface area contributed by atoms with E-state index in [0.29, 0.717) is 16.1 Å². The summed E-state index contributed by atoms with van der Waals surface area (Å²) < 4.78 is 1.22. The zero-order valence-corrected chi connectivity index (χ0v) is 14.3. The summed E-state index contributed by atoms with van der Waals surface area (Å²) in [6.45, 7) is 4.02. The molecule has 2 aromatic heterocycles. The second-order valence-electron chi connectivity index (χ2n) is 6.29. The second-order valence-corrected chi connectivity index (χ2v) is 7.50. The third-order valence-electron chi connectivity index (χ3n) is 4.53. The van der Waals surface area contributed by atoms with Crippen LogP contribution in [0.15, 0.2) is 41.5 Å². The van der Waals surface area contributed by atoms with Crippen LogP contribution in [0.1, 0.15) is 18.2 Å². The molecule has 6 heteroatoms. The van der Waals surface area contributed by atoms with Gasteiger partial charge in [0.05, 0.1) is 5.39 Å². The minimum Gasteiger partial charge on any atom is -0.273 e. The van der Waals surface area contributed by atoms with Gasteiger partial charge in [0.15, 0.2) is 0 Å². The molecule has 2 atom stereocenters. The fourth-order valence-corrected chi connectivity index (χ4v) is 4.03. The Labute approximate surface area is 142 Å². The molecule has 2 heterocycles. The summed E-state index contributed by atoms with van der Waals surface area (Å²) in [5.41, 5.74) is 4.34. The molecular formula is C18H17N3O2S. The van der Waals surface area contributed by atoms with Crippen LogP contribution in [0, 0.1) is 18.8 Å². The normalized spacial score (nSPS) is 19.4. The predicted octanol–water partition coefficient (Wildman–Crippen LogP) is 3.16. The largest absolute Gasteiger partial charge is 0.281 e. The number of fused-ring (bicyclic) bond motifs is 1. The number of thiophene rings is 1. The van der Waals surface area contributed by atoms with E-state index in [-0.39, 0.29) is 17.4 Å². The van der Waals surface area contributed by atoms with Crippen molar-refractivity contribution in [2.24, 2.45) is 11.8 Å². The number of benzene rings is 1. The highest BCUT2D eigenvalue weighted by Gasteiger charge is 2.39. The Kier molecular flexibility index (Phi) is 3.49. The SMILES string of the molecule is Cc1sc2ncn(NC(=O)C3CC3C)c(=O)c2c1-c1ccccc1. The highest BCUT2D eigenvalue weighted by atomic mass is 32.1. The van der Waals surface area contributed by atoms with Crippen LogP contribution in [-0.2, 0) is 4.79 Å². The number of aromatic nitrogens is 2. The Hall–Kier alpha value is -2.47. The quantitative estimate of drug-likeness (QED) is 0.797. The molecule has 1 aliphatic rings. The van der Waals surface area contributed by atoms with Gasteiger partial charge < -0.3 is 0 Å². The average Bonchev–Trinajstić information content (AvgIpc) is 3.21. The fourth-order valence-electron chi connectivity index (χ4n) is 3.02. The zero-order chi connectivity index (χ0) is 16.8. The van der Waals surface area contributed by atoms with Gasteiger partial charge in [0, 0.05) is 16.4 Å². The molecule has 122 valence electrons. The maximum absolute atomic E-state index is 12.9. The Morgan fingerprint density at radius 3 is 2.71 bits per heavy atom. The van der Waals surface area contributed by atoms with Crippen LogP contribution in [0.5, 0.6) is 0 Å². The van der Waals surface area contributed by atoms with E-state index in [1.807, 2.05) is 44.2 Å². The molecule has 0 spiro atoms. The van der Waals surface area contributed by atoms with E-state index in [2.05, 4.69) is 10.4 Å². The Balaban J connectivity index is 1.83. The molecule has 5 nitrogen and oxygen atoms in total. The summed E-state index contributed by atoms with van der Waals surface area (Å²) >= 11 is 1.50. The summed E-state index contributed by atoms with van der Waals surface area (Å²) in [5, 5.41) is 0.565. The molecule has 1 aromatic carbocycles. The van der Waals surface area contributed by atoms with Crippen molar-refractivity contribution in [3.63, 3.8) is 0 Å². The maximum Gasteiger partial charge on any atom is 0.281 e. The first-order valence-corrected chi connectivity index (χ1v) is 8.75. The van der Waals surface area contributed by atoms with Gasteiger partial charge >= 0.3 is 0 Å². The first-order chi connectivity index (χ1) is 11.6. The zero-order valence-electron chi connectivity index (χ0n) is 13.4. The monoisotopic (exact) mass is 339 g/mol. The summed E-state index contributed by atoms with van der Waals surface area (Å²) in [6.07, 6.45) is 2.28. The van der Waals surface area contributed by atoms with Gasteiger partial charge in [0.1, 0.15) is 11.2 Å². The van der Waals surface area contributed by atoms with E-state index in [0.717, 1.165) is 22.4 Å². The number of amides is 1. The lowest BCUT2D eigenvalue weighted by Gasteiger charge is -2.08. The minimum atomic E-state index is -0.232. The van der Waals surface area contributed by atoms with E-state index < -0.39 is 0 Å². The Bertz CT molecular complexity index is 991. The van der Waals surface area contributed by atoms with Crippen molar-refractivity contribution in [1.82, 2.24) is 9.66 Å². The van der Waals surface area contributed by atoms with E-state index in [1.165, 1.54) is 22.3 Å². The number of carbonyl (C=O) groups excluding carboxylic acids is 1. The molecule has 4 rings (SSSR count). The number of hydrogen-bond donors (Lipinski definition) is 1. The van der Waals surface area contributed by atoms with Crippen LogP contribution in [0.2, 0.25) is 0 Å². The predicted molar refractivity (Wildman–Crippen MR) is 95.7 cm³/mol. The minimum absolute atomic E-state index is 0.00500. The van der Waals surface area contributed by atoms with E-state index >= 15 is 0 Å². The third-order valence-corrected chi connectivity index (χ3v) is 5.54. The first kappa shape index (κ1) is 15.1.